The maximum Gasteiger partial charge on any atom is 0.356 e. The molecule has 3 aromatic rings. The molecule has 0 saturated carbocycles. The molecule has 2 aromatic carbocycles. The summed E-state index contributed by atoms with van der Waals surface area (Å²) in [7, 11) is 0. The van der Waals surface area contributed by atoms with Gasteiger partial charge in [-0.3, -0.25) is 14.5 Å². The standard InChI is InChI=1S/C31H29N5O7S2/c1-18(38)43-35-23(22-17-45-31(32)33-22)27(39)34-24-28(40)36-25(21(14-8-9-15-37)16-44-29(24)36)30(41)42-26(19-10-4-2-5-11-19)20-12-6-3-7-13-20/h2-8,10-14,17,24,26,29,37H,9,15-16H2,1H3,(H2,32,33)(H,34,39)/b14-8+,35-23?/t24-,29-/m1/s1. The van der Waals surface area contributed by atoms with E-state index >= 15 is 0 Å². The van der Waals surface area contributed by atoms with E-state index in [2.05, 4.69) is 15.5 Å². The highest BCUT2D eigenvalue weighted by Crippen LogP contribution is 2.42. The molecule has 12 nitrogen and oxygen atoms in total. The number of thiazole rings is 1. The normalized spacial score (nSPS) is 18.1. The number of nitrogen functional groups attached to an aromatic ring is 1. The molecule has 0 aliphatic carbocycles. The van der Waals surface area contributed by atoms with Crippen LogP contribution in [0, 0.1) is 0 Å². The summed E-state index contributed by atoms with van der Waals surface area (Å²) < 4.78 is 6.11. The summed E-state index contributed by atoms with van der Waals surface area (Å²) in [4.78, 5) is 62.3. The topological polar surface area (TPSA) is 174 Å². The molecule has 0 unspecified atom stereocenters. The summed E-state index contributed by atoms with van der Waals surface area (Å²) in [5.41, 5.74) is 7.55. The number of nitrogens with zero attached hydrogens (tertiary/aromatic N) is 3. The number of anilines is 1. The molecule has 0 bridgehead atoms. The SMILES string of the molecule is CC(=O)ON=C(C(=O)N[C@@H]1C(=O)N2C(C(=O)OC(c3ccccc3)c3ccccc3)=C(/C=C/CCO)CS[C@H]12)c1csc(N)n1. The smallest absolute Gasteiger partial charge is 0.356 e. The number of aliphatic hydroxyl groups is 1. The Morgan fingerprint density at radius 3 is 2.40 bits per heavy atom. The lowest BCUT2D eigenvalue weighted by atomic mass is 10.00. The highest BCUT2D eigenvalue weighted by Gasteiger charge is 2.54. The van der Waals surface area contributed by atoms with E-state index in [0.717, 1.165) is 29.4 Å². The highest BCUT2D eigenvalue weighted by molar-refractivity contribution is 8.00. The van der Waals surface area contributed by atoms with Gasteiger partial charge >= 0.3 is 11.9 Å². The molecule has 5 rings (SSSR count). The number of fused-ring (bicyclic) bond motifs is 1. The second kappa shape index (κ2) is 14.3. The van der Waals surface area contributed by atoms with Gasteiger partial charge in [-0.15, -0.1) is 23.1 Å². The largest absolute Gasteiger partial charge is 0.448 e. The average Bonchev–Trinajstić information content (AvgIpc) is 3.48. The number of esters is 1. The van der Waals surface area contributed by atoms with Crippen LogP contribution in [0.3, 0.4) is 0 Å². The number of hydrogen-bond donors (Lipinski definition) is 3. The fourth-order valence-electron chi connectivity index (χ4n) is 4.73. The predicted molar refractivity (Wildman–Crippen MR) is 169 cm³/mol. The Labute approximate surface area is 266 Å². The summed E-state index contributed by atoms with van der Waals surface area (Å²) in [6.45, 7) is 1.04. The molecule has 45 heavy (non-hydrogen) atoms. The second-order valence-corrected chi connectivity index (χ2v) is 11.8. The molecule has 0 spiro atoms. The molecule has 3 heterocycles. The first-order chi connectivity index (χ1) is 21.8. The molecule has 1 saturated heterocycles. The van der Waals surface area contributed by atoms with Crippen molar-refractivity contribution in [2.45, 2.75) is 30.9 Å². The molecule has 232 valence electrons. The van der Waals surface area contributed by atoms with Crippen molar-refractivity contribution in [2.24, 2.45) is 5.16 Å². The highest BCUT2D eigenvalue weighted by atomic mass is 32.2. The van der Waals surface area contributed by atoms with Gasteiger partial charge in [-0.1, -0.05) is 78.0 Å². The minimum Gasteiger partial charge on any atom is -0.448 e. The van der Waals surface area contributed by atoms with Crippen molar-refractivity contribution < 1.29 is 33.9 Å². The zero-order valence-electron chi connectivity index (χ0n) is 24.0. The molecule has 1 fully saturated rings. The van der Waals surface area contributed by atoms with Crippen LogP contribution in [0.15, 0.2) is 94.6 Å². The zero-order chi connectivity index (χ0) is 31.9. The number of benzene rings is 2. The lowest BCUT2D eigenvalue weighted by molar-refractivity contribution is -0.154. The minimum atomic E-state index is -1.02. The van der Waals surface area contributed by atoms with Gasteiger partial charge in [0.05, 0.1) is 0 Å². The number of rotatable bonds is 11. The summed E-state index contributed by atoms with van der Waals surface area (Å²) in [6.07, 6.45) is 3.03. The van der Waals surface area contributed by atoms with Crippen LogP contribution in [0.4, 0.5) is 5.13 Å². The quantitative estimate of drug-likeness (QED) is 0.0923. The Balaban J connectivity index is 1.42. The Kier molecular flexibility index (Phi) is 10.1. The van der Waals surface area contributed by atoms with Crippen LogP contribution in [0.1, 0.15) is 36.3 Å². The van der Waals surface area contributed by atoms with Gasteiger partial charge in [-0.25, -0.2) is 14.6 Å². The van der Waals surface area contributed by atoms with Gasteiger partial charge in [0.1, 0.15) is 22.8 Å². The van der Waals surface area contributed by atoms with Crippen LogP contribution in [-0.2, 0) is 28.8 Å². The average molecular weight is 648 g/mol. The van der Waals surface area contributed by atoms with E-state index < -0.39 is 41.3 Å². The van der Waals surface area contributed by atoms with Crippen molar-refractivity contribution in [3.05, 3.63) is 106 Å². The number of aromatic nitrogens is 1. The Morgan fingerprint density at radius 2 is 1.82 bits per heavy atom. The van der Waals surface area contributed by atoms with Gasteiger partial charge in [0.2, 0.25) is 0 Å². The van der Waals surface area contributed by atoms with Gasteiger partial charge in [-0.2, -0.15) is 0 Å². The molecule has 2 aliphatic rings. The zero-order valence-corrected chi connectivity index (χ0v) is 25.6. The van der Waals surface area contributed by atoms with E-state index in [0.29, 0.717) is 17.7 Å². The molecule has 1 aromatic heterocycles. The number of nitrogens with one attached hydrogen (secondary N) is 1. The van der Waals surface area contributed by atoms with E-state index in [4.69, 9.17) is 15.3 Å². The van der Waals surface area contributed by atoms with Gasteiger partial charge in [0.25, 0.3) is 11.8 Å². The third-order valence-corrected chi connectivity index (χ3v) is 8.74. The summed E-state index contributed by atoms with van der Waals surface area (Å²) >= 11 is 2.41. The number of thioether (sulfide) groups is 1. The third kappa shape index (κ3) is 7.14. The second-order valence-electron chi connectivity index (χ2n) is 9.85. The number of carbonyl (C=O) groups is 4. The van der Waals surface area contributed by atoms with Gasteiger partial charge in [0.15, 0.2) is 16.9 Å². The Bertz CT molecular complexity index is 1630. The van der Waals surface area contributed by atoms with Crippen LogP contribution >= 0.6 is 23.1 Å². The first kappa shape index (κ1) is 31.6. The number of carbonyl (C=O) groups excluding carboxylic acids is 4. The third-order valence-electron chi connectivity index (χ3n) is 6.77. The number of amides is 2. The molecular formula is C31H29N5O7S2. The molecule has 14 heteroatoms. The van der Waals surface area contributed by atoms with Gasteiger partial charge in [0, 0.05) is 24.7 Å². The number of nitrogens with two attached hydrogens (primary N) is 1. The number of β-lactam (4-membered cyclic amide) rings is 1. The molecule has 2 atom stereocenters. The first-order valence-electron chi connectivity index (χ1n) is 13.8. The fourth-order valence-corrected chi connectivity index (χ4v) is 6.59. The van der Waals surface area contributed by atoms with Crippen molar-refractivity contribution in [2.75, 3.05) is 18.1 Å². The van der Waals surface area contributed by atoms with Crippen molar-refractivity contribution in [1.29, 1.82) is 0 Å². The van der Waals surface area contributed by atoms with Crippen molar-refractivity contribution in [3.8, 4) is 0 Å². The maximum atomic E-state index is 14.0. The van der Waals surface area contributed by atoms with E-state index in [1.165, 1.54) is 22.0 Å². The molecule has 2 aliphatic heterocycles. The summed E-state index contributed by atoms with van der Waals surface area (Å²) in [6, 6.07) is 17.5. The van der Waals surface area contributed by atoms with E-state index in [9.17, 15) is 24.3 Å². The van der Waals surface area contributed by atoms with E-state index in [1.807, 2.05) is 60.7 Å². The summed E-state index contributed by atoms with van der Waals surface area (Å²) in [5, 5.41) is 16.6. The minimum absolute atomic E-state index is 0.0568. The number of oxime groups is 1. The van der Waals surface area contributed by atoms with E-state index in [1.54, 1.807) is 12.2 Å². The van der Waals surface area contributed by atoms with Crippen LogP contribution in [0.5, 0.6) is 0 Å². The van der Waals surface area contributed by atoms with Crippen LogP contribution in [0.2, 0.25) is 0 Å². The Morgan fingerprint density at radius 1 is 1.16 bits per heavy atom. The van der Waals surface area contributed by atoms with Crippen molar-refractivity contribution in [3.63, 3.8) is 0 Å². The maximum absolute atomic E-state index is 14.0. The predicted octanol–water partition coefficient (Wildman–Crippen LogP) is 2.92. The van der Waals surface area contributed by atoms with E-state index in [-0.39, 0.29) is 28.8 Å². The molecule has 2 amide bonds. The monoisotopic (exact) mass is 647 g/mol. The number of aliphatic hydroxyl groups excluding tert-OH is 1. The number of allylic oxidation sites excluding steroid dienone is 1. The van der Waals surface area contributed by atoms with Gasteiger partial charge < -0.3 is 25.7 Å². The summed E-state index contributed by atoms with van der Waals surface area (Å²) in [5.74, 6) is -2.49. The molecule has 0 radical (unpaired) electrons. The van der Waals surface area contributed by atoms with Crippen molar-refractivity contribution >= 4 is 57.7 Å². The lowest BCUT2D eigenvalue weighted by Gasteiger charge is -2.49. The number of ether oxygens (including phenoxy) is 1. The van der Waals surface area contributed by atoms with Crippen LogP contribution < -0.4 is 11.1 Å². The Hall–Kier alpha value is -4.79. The lowest BCUT2D eigenvalue weighted by Crippen LogP contribution is -2.71. The van der Waals surface area contributed by atoms with Crippen LogP contribution in [0.25, 0.3) is 0 Å². The van der Waals surface area contributed by atoms with Crippen LogP contribution in [-0.4, -0.2) is 68.2 Å². The van der Waals surface area contributed by atoms with Crippen molar-refractivity contribution in [1.82, 2.24) is 15.2 Å². The fraction of sp³-hybridized carbons (Fsp3) is 0.226. The molecule has 4 N–H and O–H groups in total. The number of hydrogen-bond acceptors (Lipinski definition) is 12. The van der Waals surface area contributed by atoms with Gasteiger partial charge in [-0.05, 0) is 23.1 Å². The molecular weight excluding hydrogens is 619 g/mol. The first-order valence-corrected chi connectivity index (χ1v) is 15.7.